The molecule has 2 aliphatic heterocycles. The van der Waals surface area contributed by atoms with Gasteiger partial charge in [-0.1, -0.05) is 18.2 Å². The molecule has 0 aromatic heterocycles. The largest absolute Gasteiger partial charge is 0.491 e. The topological polar surface area (TPSA) is 65.1 Å². The minimum absolute atomic E-state index is 0.0772. The van der Waals surface area contributed by atoms with Gasteiger partial charge in [0.15, 0.2) is 0 Å². The van der Waals surface area contributed by atoms with Crippen molar-refractivity contribution in [3.63, 3.8) is 0 Å². The van der Waals surface area contributed by atoms with Crippen LogP contribution in [0.4, 0.5) is 4.39 Å². The van der Waals surface area contributed by atoms with E-state index in [0.717, 1.165) is 18.6 Å². The van der Waals surface area contributed by atoms with Gasteiger partial charge in [-0.25, -0.2) is 12.8 Å². The number of hydrogen-bond donors (Lipinski definition) is 0. The zero-order valence-electron chi connectivity index (χ0n) is 17.4. The maximum Gasteiger partial charge on any atom is 0.243 e. The Balaban J connectivity index is 1.27. The van der Waals surface area contributed by atoms with Crippen LogP contribution in [0, 0.1) is 5.82 Å². The lowest BCUT2D eigenvalue weighted by Crippen LogP contribution is -2.52. The number of ether oxygens (including phenoxy) is 3. The zero-order valence-corrected chi connectivity index (χ0v) is 18.2. The van der Waals surface area contributed by atoms with Crippen LogP contribution >= 0.6 is 0 Å². The molecular weight excluding hydrogens is 421 g/mol. The molecule has 1 unspecified atom stereocenters. The minimum Gasteiger partial charge on any atom is -0.491 e. The first-order valence-electron chi connectivity index (χ1n) is 10.7. The van der Waals surface area contributed by atoms with Crippen molar-refractivity contribution in [2.75, 3.05) is 32.9 Å². The smallest absolute Gasteiger partial charge is 0.243 e. The summed E-state index contributed by atoms with van der Waals surface area (Å²) in [6.07, 6.45) is 2.89. The zero-order chi connectivity index (χ0) is 21.7. The summed E-state index contributed by atoms with van der Waals surface area (Å²) in [5, 5.41) is 0. The van der Waals surface area contributed by atoms with Crippen LogP contribution in [0.3, 0.4) is 0 Å². The fraction of sp³-hybridized carbons (Fsp3) is 0.478. The highest BCUT2D eigenvalue weighted by Crippen LogP contribution is 2.37. The summed E-state index contributed by atoms with van der Waals surface area (Å²) < 4.78 is 58.1. The lowest BCUT2D eigenvalue weighted by molar-refractivity contribution is -0.151. The predicted molar refractivity (Wildman–Crippen MR) is 114 cm³/mol. The fourth-order valence-corrected chi connectivity index (χ4v) is 5.70. The maximum atomic E-state index is 13.1. The first-order valence-corrected chi connectivity index (χ1v) is 12.1. The number of hydrogen-bond acceptors (Lipinski definition) is 5. The highest BCUT2D eigenvalue weighted by Gasteiger charge is 2.43. The Morgan fingerprint density at radius 2 is 1.74 bits per heavy atom. The first-order chi connectivity index (χ1) is 15.0. The second-order valence-corrected chi connectivity index (χ2v) is 9.97. The molecule has 0 radical (unpaired) electrons. The van der Waals surface area contributed by atoms with Crippen LogP contribution in [0.1, 0.15) is 25.7 Å². The SMILES string of the molecule is O=S(=O)(c1ccc(F)cc1)N1CCC2(CC1)CC(OCCOc1ccccc1)CCO2. The van der Waals surface area contributed by atoms with Crippen LogP contribution < -0.4 is 4.74 Å². The van der Waals surface area contributed by atoms with Crippen molar-refractivity contribution < 1.29 is 27.0 Å². The van der Waals surface area contributed by atoms with E-state index in [4.69, 9.17) is 14.2 Å². The molecule has 1 spiro atoms. The maximum absolute atomic E-state index is 13.1. The molecule has 6 nitrogen and oxygen atoms in total. The normalized spacial score (nSPS) is 21.8. The van der Waals surface area contributed by atoms with E-state index < -0.39 is 15.8 Å². The van der Waals surface area contributed by atoms with Gasteiger partial charge in [0.2, 0.25) is 10.0 Å². The van der Waals surface area contributed by atoms with Crippen LogP contribution in [-0.2, 0) is 19.5 Å². The molecule has 4 rings (SSSR count). The van der Waals surface area contributed by atoms with E-state index >= 15 is 0 Å². The Morgan fingerprint density at radius 1 is 1.03 bits per heavy atom. The Hall–Kier alpha value is -2.00. The van der Waals surface area contributed by atoms with Crippen LogP contribution in [0.25, 0.3) is 0 Å². The predicted octanol–water partition coefficient (Wildman–Crippen LogP) is 3.62. The van der Waals surface area contributed by atoms with Crippen LogP contribution in [-0.4, -0.2) is 57.3 Å². The quantitative estimate of drug-likeness (QED) is 0.604. The third-order valence-corrected chi connectivity index (χ3v) is 7.89. The summed E-state index contributed by atoms with van der Waals surface area (Å²) in [6.45, 7) is 2.35. The highest BCUT2D eigenvalue weighted by molar-refractivity contribution is 7.89. The average molecular weight is 450 g/mol. The lowest BCUT2D eigenvalue weighted by Gasteiger charge is -2.45. The Labute approximate surface area is 183 Å². The summed E-state index contributed by atoms with van der Waals surface area (Å²) in [5.41, 5.74) is -0.349. The third-order valence-electron chi connectivity index (χ3n) is 5.98. The minimum atomic E-state index is -3.63. The fourth-order valence-electron chi connectivity index (χ4n) is 4.25. The number of benzene rings is 2. The van der Waals surface area contributed by atoms with Gasteiger partial charge in [0, 0.05) is 26.1 Å². The van der Waals surface area contributed by atoms with Gasteiger partial charge in [0.25, 0.3) is 0 Å². The molecule has 0 saturated carbocycles. The molecule has 31 heavy (non-hydrogen) atoms. The average Bonchev–Trinajstić information content (AvgIpc) is 2.78. The molecule has 2 aromatic rings. The second-order valence-electron chi connectivity index (χ2n) is 8.04. The van der Waals surface area contributed by atoms with Crippen molar-refractivity contribution in [3.05, 3.63) is 60.4 Å². The van der Waals surface area contributed by atoms with Gasteiger partial charge in [-0.3, -0.25) is 0 Å². The molecule has 2 saturated heterocycles. The van der Waals surface area contributed by atoms with E-state index in [1.54, 1.807) is 0 Å². The summed E-state index contributed by atoms with van der Waals surface area (Å²) in [5.74, 6) is 0.372. The number of para-hydroxylation sites is 1. The second kappa shape index (κ2) is 9.65. The Morgan fingerprint density at radius 3 is 2.45 bits per heavy atom. The van der Waals surface area contributed by atoms with E-state index in [9.17, 15) is 12.8 Å². The number of sulfonamides is 1. The Bertz CT molecular complexity index is 944. The first kappa shape index (κ1) is 22.2. The third kappa shape index (κ3) is 5.44. The summed E-state index contributed by atoms with van der Waals surface area (Å²) in [6, 6.07) is 14.6. The van der Waals surface area contributed by atoms with E-state index in [1.807, 2.05) is 30.3 Å². The van der Waals surface area contributed by atoms with Crippen molar-refractivity contribution in [1.82, 2.24) is 4.31 Å². The molecule has 2 aromatic carbocycles. The Kier molecular flexibility index (Phi) is 6.91. The molecule has 0 N–H and O–H groups in total. The van der Waals surface area contributed by atoms with Crippen molar-refractivity contribution in [2.24, 2.45) is 0 Å². The molecule has 0 bridgehead atoms. The molecule has 0 aliphatic carbocycles. The van der Waals surface area contributed by atoms with Gasteiger partial charge in [0.05, 0.1) is 23.2 Å². The molecule has 8 heteroatoms. The van der Waals surface area contributed by atoms with Crippen molar-refractivity contribution in [2.45, 2.75) is 42.3 Å². The van der Waals surface area contributed by atoms with Crippen molar-refractivity contribution in [1.29, 1.82) is 0 Å². The molecule has 2 heterocycles. The number of halogens is 1. The lowest BCUT2D eigenvalue weighted by atomic mass is 9.84. The summed E-state index contributed by atoms with van der Waals surface area (Å²) in [7, 11) is -3.63. The molecule has 1 atom stereocenters. The standard InChI is InChI=1S/C23H28FNO5S/c24-19-6-8-22(9-7-19)31(26,27)25-13-11-23(12-14-25)18-21(10-15-30-23)29-17-16-28-20-4-2-1-3-5-20/h1-9,21H,10-18H2. The monoisotopic (exact) mass is 449 g/mol. The van der Waals surface area contributed by atoms with E-state index in [2.05, 4.69) is 0 Å². The molecule has 2 fully saturated rings. The highest BCUT2D eigenvalue weighted by atomic mass is 32.2. The van der Waals surface area contributed by atoms with Crippen LogP contribution in [0.15, 0.2) is 59.5 Å². The summed E-state index contributed by atoms with van der Waals surface area (Å²) >= 11 is 0. The number of piperidine rings is 1. The van der Waals surface area contributed by atoms with Crippen LogP contribution in [0.2, 0.25) is 0 Å². The number of nitrogens with zero attached hydrogens (tertiary/aromatic N) is 1. The molecular formula is C23H28FNO5S. The van der Waals surface area contributed by atoms with Gasteiger partial charge in [0.1, 0.15) is 18.2 Å². The van der Waals surface area contributed by atoms with Gasteiger partial charge < -0.3 is 14.2 Å². The van der Waals surface area contributed by atoms with Crippen LogP contribution in [0.5, 0.6) is 5.75 Å². The molecule has 0 amide bonds. The van der Waals surface area contributed by atoms with Gasteiger partial charge in [-0.05, 0) is 55.7 Å². The van der Waals surface area contributed by atoms with Gasteiger partial charge >= 0.3 is 0 Å². The van der Waals surface area contributed by atoms with E-state index in [-0.39, 0.29) is 16.6 Å². The van der Waals surface area contributed by atoms with E-state index in [1.165, 1.54) is 28.6 Å². The van der Waals surface area contributed by atoms with Crippen molar-refractivity contribution in [3.8, 4) is 5.75 Å². The van der Waals surface area contributed by atoms with Gasteiger partial charge in [-0.15, -0.1) is 0 Å². The van der Waals surface area contributed by atoms with Gasteiger partial charge in [-0.2, -0.15) is 4.31 Å². The van der Waals surface area contributed by atoms with E-state index in [0.29, 0.717) is 45.8 Å². The number of rotatable bonds is 7. The summed E-state index contributed by atoms with van der Waals surface area (Å²) in [4.78, 5) is 0.119. The molecule has 2 aliphatic rings. The molecule has 168 valence electrons. The van der Waals surface area contributed by atoms with Crippen molar-refractivity contribution >= 4 is 10.0 Å².